The maximum atomic E-state index is 11.2. The summed E-state index contributed by atoms with van der Waals surface area (Å²) in [5, 5.41) is 0. The Kier molecular flexibility index (Phi) is 5.50. The standard InChI is InChI=1S/C10H16O/c1-4-7-8-10(11)9(5-2)6-3/h2,4,6-8H2,1,3H3. The molecule has 0 atom stereocenters. The van der Waals surface area contributed by atoms with E-state index in [1.165, 1.54) is 0 Å². The zero-order valence-electron chi connectivity index (χ0n) is 7.44. The molecule has 0 saturated carbocycles. The Morgan fingerprint density at radius 3 is 2.45 bits per heavy atom. The molecule has 0 aliphatic heterocycles. The minimum Gasteiger partial charge on any atom is -0.294 e. The molecule has 0 rings (SSSR count). The largest absolute Gasteiger partial charge is 0.294 e. The van der Waals surface area contributed by atoms with E-state index in [0.717, 1.165) is 24.8 Å². The quantitative estimate of drug-likeness (QED) is 0.437. The summed E-state index contributed by atoms with van der Waals surface area (Å²) in [7, 11) is 0. The van der Waals surface area contributed by atoms with E-state index in [9.17, 15) is 4.79 Å². The molecule has 0 unspecified atom stereocenters. The summed E-state index contributed by atoms with van der Waals surface area (Å²) in [4.78, 5) is 11.2. The lowest BCUT2D eigenvalue weighted by atomic mass is 10.1. The summed E-state index contributed by atoms with van der Waals surface area (Å²) in [5.41, 5.74) is 3.43. The van der Waals surface area contributed by atoms with Crippen LogP contribution in [0.5, 0.6) is 0 Å². The first kappa shape index (κ1) is 10.2. The van der Waals surface area contributed by atoms with Crippen molar-refractivity contribution in [3.05, 3.63) is 17.9 Å². The van der Waals surface area contributed by atoms with Crippen molar-refractivity contribution in [1.29, 1.82) is 0 Å². The summed E-state index contributed by atoms with van der Waals surface area (Å²) in [6.07, 6.45) is 3.46. The maximum Gasteiger partial charge on any atom is 0.166 e. The molecule has 62 valence electrons. The molecular weight excluding hydrogens is 136 g/mol. The molecule has 0 aliphatic carbocycles. The van der Waals surface area contributed by atoms with Gasteiger partial charge in [-0.3, -0.25) is 4.79 Å². The van der Waals surface area contributed by atoms with E-state index in [2.05, 4.69) is 19.2 Å². The van der Waals surface area contributed by atoms with Crippen LogP contribution >= 0.6 is 0 Å². The fourth-order valence-electron chi connectivity index (χ4n) is 0.909. The van der Waals surface area contributed by atoms with Crippen LogP contribution in [0.15, 0.2) is 17.9 Å². The van der Waals surface area contributed by atoms with Crippen molar-refractivity contribution in [3.8, 4) is 0 Å². The molecule has 0 radical (unpaired) electrons. The first-order valence-corrected chi connectivity index (χ1v) is 4.18. The van der Waals surface area contributed by atoms with Crippen LogP contribution in [0.3, 0.4) is 0 Å². The number of Topliss-reactive ketones (excluding diaryl/α,β-unsaturated/α-hetero) is 1. The van der Waals surface area contributed by atoms with E-state index in [1.807, 2.05) is 6.92 Å². The Balaban J connectivity index is 3.91. The third-order valence-electron chi connectivity index (χ3n) is 1.66. The van der Waals surface area contributed by atoms with E-state index < -0.39 is 0 Å². The smallest absolute Gasteiger partial charge is 0.166 e. The fraction of sp³-hybridized carbons (Fsp3) is 0.600. The molecule has 0 fully saturated rings. The zero-order chi connectivity index (χ0) is 8.69. The second-order valence-corrected chi connectivity index (χ2v) is 2.54. The van der Waals surface area contributed by atoms with Crippen LogP contribution in [0.1, 0.15) is 39.5 Å². The van der Waals surface area contributed by atoms with E-state index in [-0.39, 0.29) is 5.78 Å². The van der Waals surface area contributed by atoms with E-state index in [1.54, 1.807) is 0 Å². The average Bonchev–Trinajstić information content (AvgIpc) is 2.03. The number of rotatable bonds is 5. The van der Waals surface area contributed by atoms with E-state index >= 15 is 0 Å². The van der Waals surface area contributed by atoms with Gasteiger partial charge in [-0.25, -0.2) is 0 Å². The second-order valence-electron chi connectivity index (χ2n) is 2.54. The van der Waals surface area contributed by atoms with Gasteiger partial charge in [0.05, 0.1) is 0 Å². The third-order valence-corrected chi connectivity index (χ3v) is 1.66. The monoisotopic (exact) mass is 152 g/mol. The highest BCUT2D eigenvalue weighted by Gasteiger charge is 2.04. The van der Waals surface area contributed by atoms with Gasteiger partial charge in [0.1, 0.15) is 0 Å². The van der Waals surface area contributed by atoms with Gasteiger partial charge >= 0.3 is 0 Å². The van der Waals surface area contributed by atoms with Crippen LogP contribution in [0.4, 0.5) is 0 Å². The third kappa shape index (κ3) is 3.79. The number of hydrogen-bond acceptors (Lipinski definition) is 1. The molecule has 1 nitrogen and oxygen atoms in total. The van der Waals surface area contributed by atoms with Crippen LogP contribution in [0.2, 0.25) is 0 Å². The molecule has 0 aromatic heterocycles. The number of carbonyl (C=O) groups is 1. The SMILES string of the molecule is C=C=C(CC)C(=O)CCCC. The van der Waals surface area contributed by atoms with Gasteiger partial charge in [0.15, 0.2) is 5.78 Å². The summed E-state index contributed by atoms with van der Waals surface area (Å²) in [6, 6.07) is 0. The predicted molar refractivity (Wildman–Crippen MR) is 47.5 cm³/mol. The van der Waals surface area contributed by atoms with Crippen molar-refractivity contribution in [1.82, 2.24) is 0 Å². The number of unbranched alkanes of at least 4 members (excludes halogenated alkanes) is 1. The molecule has 0 N–H and O–H groups in total. The highest BCUT2D eigenvalue weighted by Crippen LogP contribution is 2.06. The Morgan fingerprint density at radius 1 is 1.45 bits per heavy atom. The summed E-state index contributed by atoms with van der Waals surface area (Å²) >= 11 is 0. The lowest BCUT2D eigenvalue weighted by Gasteiger charge is -1.98. The normalized spacial score (nSPS) is 8.91. The molecule has 0 saturated heterocycles. The Hall–Kier alpha value is -0.810. The molecule has 0 amide bonds. The van der Waals surface area contributed by atoms with E-state index in [0.29, 0.717) is 6.42 Å². The molecule has 0 aromatic carbocycles. The minimum atomic E-state index is 0.212. The van der Waals surface area contributed by atoms with Crippen LogP contribution in [-0.4, -0.2) is 5.78 Å². The number of hydrogen-bond donors (Lipinski definition) is 0. The van der Waals surface area contributed by atoms with E-state index in [4.69, 9.17) is 0 Å². The lowest BCUT2D eigenvalue weighted by molar-refractivity contribution is -0.115. The first-order chi connectivity index (χ1) is 5.26. The van der Waals surface area contributed by atoms with Gasteiger partial charge in [-0.2, -0.15) is 0 Å². The predicted octanol–water partition coefficient (Wildman–Crippen LogP) is 2.87. The van der Waals surface area contributed by atoms with Gasteiger partial charge in [0.2, 0.25) is 0 Å². The van der Waals surface area contributed by atoms with Gasteiger partial charge in [-0.1, -0.05) is 26.8 Å². The Labute approximate surface area is 68.8 Å². The molecular formula is C10H16O. The topological polar surface area (TPSA) is 17.1 Å². The fourth-order valence-corrected chi connectivity index (χ4v) is 0.909. The van der Waals surface area contributed by atoms with Crippen molar-refractivity contribution < 1.29 is 4.79 Å². The van der Waals surface area contributed by atoms with Crippen LogP contribution < -0.4 is 0 Å². The van der Waals surface area contributed by atoms with Crippen molar-refractivity contribution in [2.45, 2.75) is 39.5 Å². The molecule has 0 aliphatic rings. The van der Waals surface area contributed by atoms with Gasteiger partial charge in [-0.15, -0.1) is 5.73 Å². The van der Waals surface area contributed by atoms with Crippen molar-refractivity contribution in [3.63, 3.8) is 0 Å². The van der Waals surface area contributed by atoms with Crippen LogP contribution in [0.25, 0.3) is 0 Å². The zero-order valence-corrected chi connectivity index (χ0v) is 7.44. The molecule has 0 heterocycles. The highest BCUT2D eigenvalue weighted by atomic mass is 16.1. The van der Waals surface area contributed by atoms with Gasteiger partial charge < -0.3 is 0 Å². The van der Waals surface area contributed by atoms with Crippen LogP contribution in [-0.2, 0) is 4.79 Å². The molecule has 0 bridgehead atoms. The maximum absolute atomic E-state index is 11.2. The molecule has 0 aromatic rings. The summed E-state index contributed by atoms with van der Waals surface area (Å²) in [6.45, 7) is 7.51. The highest BCUT2D eigenvalue weighted by molar-refractivity contribution is 5.94. The Morgan fingerprint density at radius 2 is 2.09 bits per heavy atom. The number of carbonyl (C=O) groups excluding carboxylic acids is 1. The molecule has 1 heteroatoms. The number of ketones is 1. The summed E-state index contributed by atoms with van der Waals surface area (Å²) in [5.74, 6) is 0.212. The van der Waals surface area contributed by atoms with Gasteiger partial charge in [-0.05, 0) is 12.8 Å². The van der Waals surface area contributed by atoms with Crippen molar-refractivity contribution >= 4 is 5.78 Å². The number of allylic oxidation sites excluding steroid dienone is 1. The van der Waals surface area contributed by atoms with Crippen LogP contribution in [0, 0.1) is 0 Å². The molecule has 11 heavy (non-hydrogen) atoms. The first-order valence-electron chi connectivity index (χ1n) is 4.18. The van der Waals surface area contributed by atoms with Crippen molar-refractivity contribution in [2.75, 3.05) is 0 Å². The van der Waals surface area contributed by atoms with Gasteiger partial charge in [0, 0.05) is 12.0 Å². The minimum absolute atomic E-state index is 0.212. The summed E-state index contributed by atoms with van der Waals surface area (Å²) < 4.78 is 0. The Bertz CT molecular complexity index is 173. The second kappa shape index (κ2) is 5.94. The molecule has 0 spiro atoms. The van der Waals surface area contributed by atoms with Crippen molar-refractivity contribution in [2.24, 2.45) is 0 Å². The average molecular weight is 152 g/mol. The van der Waals surface area contributed by atoms with Gasteiger partial charge in [0.25, 0.3) is 0 Å². The lowest BCUT2D eigenvalue weighted by Crippen LogP contribution is -1.99.